The van der Waals surface area contributed by atoms with Gasteiger partial charge in [0, 0.05) is 68.7 Å². The highest BCUT2D eigenvalue weighted by molar-refractivity contribution is 5.88. The van der Waals surface area contributed by atoms with Crippen molar-refractivity contribution in [2.24, 2.45) is 28.8 Å². The Labute approximate surface area is 396 Å². The third-order valence-electron chi connectivity index (χ3n) is 14.9. The number of methoxy groups -OCH3 is 1. The lowest BCUT2D eigenvalue weighted by molar-refractivity contribution is -0.384. The van der Waals surface area contributed by atoms with Gasteiger partial charge < -0.3 is 49.1 Å². The molecule has 3 aliphatic rings. The zero-order chi connectivity index (χ0) is 49.2. The first-order valence-corrected chi connectivity index (χ1v) is 24.6. The maximum absolute atomic E-state index is 13.8. The fourth-order valence-corrected chi connectivity index (χ4v) is 10.4. The van der Waals surface area contributed by atoms with Gasteiger partial charge in [0.2, 0.25) is 0 Å². The van der Waals surface area contributed by atoms with Crippen molar-refractivity contribution in [1.82, 2.24) is 19.9 Å². The summed E-state index contributed by atoms with van der Waals surface area (Å²) in [5, 5.41) is 72.3. The average Bonchev–Trinajstić information content (AvgIpc) is 3.77. The van der Waals surface area contributed by atoms with Crippen molar-refractivity contribution in [3.63, 3.8) is 0 Å². The number of carbonyl (C=O) groups excluding carboxylic acids is 1. The number of cyclic esters (lactones) is 1. The molecule has 0 unspecified atom stereocenters. The van der Waals surface area contributed by atoms with Gasteiger partial charge in [0.15, 0.2) is 6.29 Å². The van der Waals surface area contributed by atoms with Gasteiger partial charge in [-0.25, -0.2) is 0 Å². The van der Waals surface area contributed by atoms with E-state index in [1.165, 1.54) is 19.1 Å². The summed E-state index contributed by atoms with van der Waals surface area (Å²) >= 11 is 0. The highest BCUT2D eigenvalue weighted by atomic mass is 16.7. The summed E-state index contributed by atoms with van der Waals surface area (Å²) in [4.78, 5) is 32.7. The van der Waals surface area contributed by atoms with E-state index in [1.54, 1.807) is 46.9 Å². The lowest BCUT2D eigenvalue weighted by atomic mass is 9.73. The quantitative estimate of drug-likeness (QED) is 0.0676. The number of esters is 1. The molecule has 3 heterocycles. The number of aromatic nitrogens is 3. The molecule has 378 valence electrons. The molecule has 0 bridgehead atoms. The second kappa shape index (κ2) is 24.3. The van der Waals surface area contributed by atoms with Gasteiger partial charge in [0.25, 0.3) is 5.69 Å². The Morgan fingerprint density at radius 2 is 1.69 bits per heavy atom. The van der Waals surface area contributed by atoms with Crippen LogP contribution in [0.5, 0.6) is 0 Å². The van der Waals surface area contributed by atoms with Crippen LogP contribution >= 0.6 is 0 Å². The van der Waals surface area contributed by atoms with Gasteiger partial charge in [-0.05, 0) is 105 Å². The number of likely N-dealkylation sites (N-methyl/N-ethyl adjacent to an activating group) is 1. The molecule has 2 aliphatic heterocycles. The molecule has 1 saturated carbocycles. The number of benzene rings is 1. The topological polar surface area (TPSA) is 234 Å². The van der Waals surface area contributed by atoms with Crippen molar-refractivity contribution >= 4 is 17.4 Å². The number of hydrogen-bond acceptors (Lipinski definition) is 16. The van der Waals surface area contributed by atoms with Crippen LogP contribution in [-0.2, 0) is 48.0 Å². The SMILES string of the molecule is CC[C@H]1OC(=O)[C@H](C)[C@@H](O)[C@H](C)[C@@H](O[C@@H]2O[C@H](C)C[C@H](N(C)CCc3cn(CCCCc4ccc([N+](=O)[O-])cc4)nn3)[C@H]2O)[C@](C)(OC)C[C@@H](C)/C(=N\OC2CCCCC2)[C@H](C)[C@@H](O)[C@]1(C)O. The van der Waals surface area contributed by atoms with E-state index in [-0.39, 0.29) is 36.8 Å². The summed E-state index contributed by atoms with van der Waals surface area (Å²) in [6.45, 7) is 15.4. The van der Waals surface area contributed by atoms with Crippen molar-refractivity contribution in [2.45, 2.75) is 205 Å². The Morgan fingerprint density at radius 1 is 1.00 bits per heavy atom. The van der Waals surface area contributed by atoms with Crippen molar-refractivity contribution in [3.05, 3.63) is 51.8 Å². The molecule has 4 N–H and O–H groups in total. The highest BCUT2D eigenvalue weighted by Crippen LogP contribution is 2.40. The molecule has 0 spiro atoms. The molecular weight excluding hydrogens is 865 g/mol. The minimum atomic E-state index is -1.87. The third-order valence-corrected chi connectivity index (χ3v) is 14.9. The number of aliphatic hydroxyl groups is 4. The van der Waals surface area contributed by atoms with Crippen molar-refractivity contribution in [2.75, 3.05) is 20.7 Å². The fraction of sp³-hybridized carbons (Fsp3) is 0.796. The number of aliphatic hydroxyl groups excluding tert-OH is 3. The summed E-state index contributed by atoms with van der Waals surface area (Å²) in [5.41, 5.74) is -0.624. The maximum Gasteiger partial charge on any atom is 0.311 e. The van der Waals surface area contributed by atoms with Crippen molar-refractivity contribution in [3.8, 4) is 0 Å². The van der Waals surface area contributed by atoms with Gasteiger partial charge in [-0.3, -0.25) is 19.6 Å². The van der Waals surface area contributed by atoms with Crippen LogP contribution in [0.3, 0.4) is 0 Å². The largest absolute Gasteiger partial charge is 0.459 e. The van der Waals surface area contributed by atoms with E-state index >= 15 is 0 Å². The molecule has 0 radical (unpaired) electrons. The number of hydrogen-bond donors (Lipinski definition) is 4. The molecule has 0 amide bonds. The number of aryl methyl sites for hydroxylation is 2. The molecule has 2 aromatic rings. The van der Waals surface area contributed by atoms with Crippen molar-refractivity contribution in [1.29, 1.82) is 0 Å². The number of oxime groups is 1. The van der Waals surface area contributed by atoms with Gasteiger partial charge in [-0.1, -0.05) is 56.6 Å². The van der Waals surface area contributed by atoms with Gasteiger partial charge in [0.05, 0.1) is 52.3 Å². The standard InChI is InChI=1S/C49H80N6O12/c1-11-40-49(8,60)44(58)32(4)41(51-67-38-18-13-12-14-19-38)30(2)28-48(7,63-10)45(33(5)42(56)34(6)46(59)65-40)66-47-43(57)39(27-31(3)64-47)53(9)26-24-36-29-54(52-50-36)25-16-15-17-35-20-22-37(23-21-35)55(61)62/h20-23,29-34,38-40,42-45,47,56-58,60H,11-19,24-28H2,1-10H3/b51-41+/t30-,31-,32+,33+,34-,39+,40-,42+,43-,44-,45-,47+,48-,49-/m1/s1. The fourth-order valence-electron chi connectivity index (χ4n) is 10.4. The minimum absolute atomic E-state index is 0.0800. The van der Waals surface area contributed by atoms with E-state index in [4.69, 9.17) is 28.9 Å². The lowest BCUT2D eigenvalue weighted by Gasteiger charge is -2.48. The van der Waals surface area contributed by atoms with E-state index in [2.05, 4.69) is 15.2 Å². The number of carbonyl (C=O) groups is 1. The van der Waals surface area contributed by atoms with Gasteiger partial charge in [0.1, 0.15) is 23.9 Å². The first kappa shape index (κ1) is 54.3. The Morgan fingerprint density at radius 3 is 2.33 bits per heavy atom. The molecule has 18 heteroatoms. The van der Waals surface area contributed by atoms with Crippen LogP contribution < -0.4 is 0 Å². The van der Waals surface area contributed by atoms with Crippen LogP contribution in [0.4, 0.5) is 5.69 Å². The number of nitrogens with zero attached hydrogens (tertiary/aromatic N) is 6. The number of rotatable bonds is 16. The Balaban J connectivity index is 1.33. The minimum Gasteiger partial charge on any atom is -0.459 e. The third kappa shape index (κ3) is 13.8. The molecule has 1 aliphatic carbocycles. The summed E-state index contributed by atoms with van der Waals surface area (Å²) < 4.78 is 27.4. The number of nitro benzene ring substituents is 1. The van der Waals surface area contributed by atoms with Crippen LogP contribution in [0.2, 0.25) is 0 Å². The molecule has 67 heavy (non-hydrogen) atoms. The van der Waals surface area contributed by atoms with Gasteiger partial charge >= 0.3 is 5.97 Å². The van der Waals surface area contributed by atoms with E-state index < -0.39 is 82.6 Å². The van der Waals surface area contributed by atoms with Gasteiger partial charge in [-0.2, -0.15) is 0 Å². The predicted octanol–water partition coefficient (Wildman–Crippen LogP) is 5.79. The molecule has 2 saturated heterocycles. The van der Waals surface area contributed by atoms with E-state index in [9.17, 15) is 35.3 Å². The van der Waals surface area contributed by atoms with Crippen molar-refractivity contribution < 1.29 is 53.9 Å². The molecule has 14 atom stereocenters. The van der Waals surface area contributed by atoms with Crippen LogP contribution in [-0.4, -0.2) is 144 Å². The van der Waals surface area contributed by atoms with Crippen LogP contribution in [0.25, 0.3) is 0 Å². The zero-order valence-electron chi connectivity index (χ0n) is 41.5. The normalized spacial score (nSPS) is 35.9. The summed E-state index contributed by atoms with van der Waals surface area (Å²) in [6, 6.07) is 6.27. The first-order chi connectivity index (χ1) is 31.7. The van der Waals surface area contributed by atoms with Crippen LogP contribution in [0.15, 0.2) is 35.6 Å². The second-order valence-corrected chi connectivity index (χ2v) is 20.2. The average molecular weight is 945 g/mol. The van der Waals surface area contributed by atoms with E-state index in [0.717, 1.165) is 62.6 Å². The van der Waals surface area contributed by atoms with E-state index in [1.807, 2.05) is 38.7 Å². The number of ether oxygens (including phenoxy) is 4. The Bertz CT molecular complexity index is 1890. The summed E-state index contributed by atoms with van der Waals surface area (Å²) in [7, 11) is 3.50. The molecule has 3 fully saturated rings. The first-order valence-electron chi connectivity index (χ1n) is 24.6. The molecule has 18 nitrogen and oxygen atoms in total. The monoisotopic (exact) mass is 945 g/mol. The summed E-state index contributed by atoms with van der Waals surface area (Å²) in [6.07, 6.45) is 3.55. The zero-order valence-corrected chi connectivity index (χ0v) is 41.5. The Kier molecular flexibility index (Phi) is 19.7. The second-order valence-electron chi connectivity index (χ2n) is 20.2. The van der Waals surface area contributed by atoms with Crippen LogP contribution in [0.1, 0.15) is 131 Å². The molecule has 5 rings (SSSR count). The van der Waals surface area contributed by atoms with Crippen LogP contribution in [0, 0.1) is 33.8 Å². The maximum atomic E-state index is 13.8. The number of unbranched alkanes of at least 4 members (excludes halogenated alkanes) is 1. The molecule has 1 aromatic heterocycles. The highest BCUT2D eigenvalue weighted by Gasteiger charge is 2.52. The smallest absolute Gasteiger partial charge is 0.311 e. The Hall–Kier alpha value is -3.62. The predicted molar refractivity (Wildman–Crippen MR) is 251 cm³/mol. The number of nitro groups is 1. The molecule has 1 aromatic carbocycles. The van der Waals surface area contributed by atoms with Gasteiger partial charge in [-0.15, -0.1) is 5.10 Å². The number of non-ortho nitro benzene ring substituents is 1. The molecular formula is C49H80N6O12. The lowest BCUT2D eigenvalue weighted by Crippen LogP contribution is -2.60. The summed E-state index contributed by atoms with van der Waals surface area (Å²) in [5.74, 6) is -3.75. The van der Waals surface area contributed by atoms with E-state index in [0.29, 0.717) is 31.6 Å².